The first-order chi connectivity index (χ1) is 3.55. The van der Waals surface area contributed by atoms with Crippen molar-refractivity contribution in [1.29, 1.82) is 5.41 Å². The third-order valence-corrected chi connectivity index (χ3v) is 0.370. The molecule has 4 N–H and O–H groups in total. The highest BCUT2D eigenvalue weighted by Crippen LogP contribution is 1.75. The second-order valence-electron chi connectivity index (χ2n) is 0.913. The van der Waals surface area contributed by atoms with E-state index in [1.165, 1.54) is 0 Å². The number of nitrogens with zero attached hydrogens (tertiary/aromatic N) is 2. The van der Waals surface area contributed by atoms with E-state index in [2.05, 4.69) is 5.73 Å². The van der Waals surface area contributed by atoms with Gasteiger partial charge in [0, 0.05) is 0 Å². The molecule has 0 aromatic rings. The molecule has 0 amide bonds. The average Bonchev–Trinajstić information content (AvgIpc) is 1.64. The van der Waals surface area contributed by atoms with Crippen LogP contribution in [0.5, 0.6) is 0 Å². The lowest BCUT2D eigenvalue weighted by atomic mass is 11.1. The minimum atomic E-state index is -1.22. The zero-order chi connectivity index (χ0) is 6.73. The summed E-state index contributed by atoms with van der Waals surface area (Å²) in [7, 11) is 0. The van der Waals surface area contributed by atoms with Crippen LogP contribution in [0.1, 0.15) is 0 Å². The van der Waals surface area contributed by atoms with Crippen molar-refractivity contribution >= 4 is 5.96 Å². The van der Waals surface area contributed by atoms with E-state index < -0.39 is 16.2 Å². The van der Waals surface area contributed by atoms with Crippen LogP contribution in [0.4, 0.5) is 0 Å². The zero-order valence-electron chi connectivity index (χ0n) is 3.74. The van der Waals surface area contributed by atoms with Crippen molar-refractivity contribution in [3.05, 3.63) is 10.1 Å². The summed E-state index contributed by atoms with van der Waals surface area (Å²) < 4.78 is 0. The first kappa shape index (κ1) is 6.63. The highest BCUT2D eigenvalue weighted by atomic mass is 16.8. The minimum absolute atomic E-state index is 0.583. The normalized spacial score (nSPS) is 8.12. The number of nitrogens with one attached hydrogen (secondary N) is 1. The van der Waals surface area contributed by atoms with Crippen molar-refractivity contribution in [2.24, 2.45) is 5.73 Å². The summed E-state index contributed by atoms with van der Waals surface area (Å²) >= 11 is 0. The van der Waals surface area contributed by atoms with Gasteiger partial charge in [-0.2, -0.15) is 0 Å². The lowest BCUT2D eigenvalue weighted by molar-refractivity contribution is -0.700. The van der Waals surface area contributed by atoms with Crippen molar-refractivity contribution < 1.29 is 10.2 Å². The van der Waals surface area contributed by atoms with Gasteiger partial charge in [-0.15, -0.1) is 0 Å². The molecule has 0 unspecified atom stereocenters. The third-order valence-electron chi connectivity index (χ3n) is 0.370. The molecule has 0 rings (SSSR count). The van der Waals surface area contributed by atoms with E-state index in [-0.39, 0.29) is 0 Å². The average molecular weight is 120 g/mol. The number of nitro groups is 1. The maximum Gasteiger partial charge on any atom is 0.285 e. The topological polar surface area (TPSA) is 116 Å². The van der Waals surface area contributed by atoms with Gasteiger partial charge in [-0.1, -0.05) is 0 Å². The molecule has 7 heteroatoms. The van der Waals surface area contributed by atoms with Crippen molar-refractivity contribution in [3.63, 3.8) is 0 Å². The fourth-order valence-electron chi connectivity index (χ4n) is 0.0880. The minimum Gasteiger partial charge on any atom is -0.363 e. The summed E-state index contributed by atoms with van der Waals surface area (Å²) in [6.07, 6.45) is 0. The first-order valence-electron chi connectivity index (χ1n) is 1.53. The van der Waals surface area contributed by atoms with Crippen LogP contribution >= 0.6 is 0 Å². The fraction of sp³-hybridized carbons (Fsp3) is 0. The smallest absolute Gasteiger partial charge is 0.285 e. The summed E-state index contributed by atoms with van der Waals surface area (Å²) in [4.78, 5) is 9.40. The molecule has 0 saturated carbocycles. The summed E-state index contributed by atoms with van der Waals surface area (Å²) in [6.45, 7) is 0. The molecule has 0 spiro atoms. The van der Waals surface area contributed by atoms with Gasteiger partial charge in [0.1, 0.15) is 0 Å². The summed E-state index contributed by atoms with van der Waals surface area (Å²) in [5.41, 5.74) is 4.45. The van der Waals surface area contributed by atoms with Crippen molar-refractivity contribution in [1.82, 2.24) is 5.17 Å². The van der Waals surface area contributed by atoms with E-state index in [0.717, 1.165) is 0 Å². The number of hydrazine groups is 1. The van der Waals surface area contributed by atoms with Crippen LogP contribution in [0.25, 0.3) is 0 Å². The Morgan fingerprint density at radius 1 is 2.00 bits per heavy atom. The second kappa shape index (κ2) is 2.07. The van der Waals surface area contributed by atoms with E-state index in [1.54, 1.807) is 0 Å². The van der Waals surface area contributed by atoms with Gasteiger partial charge in [-0.05, 0) is 0 Å². The molecule has 0 aliphatic carbocycles. The molecule has 46 valence electrons. The van der Waals surface area contributed by atoms with Crippen LogP contribution in [-0.4, -0.2) is 21.4 Å². The Balaban J connectivity index is 3.83. The summed E-state index contributed by atoms with van der Waals surface area (Å²) in [5, 5.41) is 21.8. The molecular weight excluding hydrogens is 116 g/mol. The monoisotopic (exact) mass is 120 g/mol. The maximum absolute atomic E-state index is 9.40. The van der Waals surface area contributed by atoms with Crippen LogP contribution in [0.3, 0.4) is 0 Å². The maximum atomic E-state index is 9.40. The molecule has 0 saturated heterocycles. The van der Waals surface area contributed by atoms with Crippen LogP contribution in [-0.2, 0) is 0 Å². The van der Waals surface area contributed by atoms with Crippen LogP contribution in [0, 0.1) is 15.5 Å². The van der Waals surface area contributed by atoms with Crippen LogP contribution in [0.15, 0.2) is 0 Å². The molecular formula is CH4N4O3. The number of hydroxylamine groups is 1. The van der Waals surface area contributed by atoms with Gasteiger partial charge in [-0.25, -0.2) is 15.3 Å². The number of nitrogens with two attached hydrogens (primary N) is 1. The number of hydrogen-bond donors (Lipinski definition) is 3. The number of rotatable bonds is 1. The predicted octanol–water partition coefficient (Wildman–Crippen LogP) is -1.24. The standard InChI is InChI=1S/CH4N4O3/c2-1(3)4(6)5(7)8/h6H,(H3,2,3). The lowest BCUT2D eigenvalue weighted by Gasteiger charge is -1.98. The Morgan fingerprint density at radius 2 is 2.38 bits per heavy atom. The fourth-order valence-corrected chi connectivity index (χ4v) is 0.0880. The van der Waals surface area contributed by atoms with E-state index in [4.69, 9.17) is 10.6 Å². The number of guanidine groups is 1. The van der Waals surface area contributed by atoms with E-state index in [1.807, 2.05) is 0 Å². The number of hydrogen-bond acceptors (Lipinski definition) is 4. The highest BCUT2D eigenvalue weighted by Gasteiger charge is 2.11. The van der Waals surface area contributed by atoms with E-state index >= 15 is 0 Å². The Bertz CT molecular complexity index is 106. The van der Waals surface area contributed by atoms with Gasteiger partial charge in [0.05, 0.1) is 5.17 Å². The molecule has 7 nitrogen and oxygen atoms in total. The molecule has 0 fully saturated rings. The van der Waals surface area contributed by atoms with Crippen molar-refractivity contribution in [2.45, 2.75) is 0 Å². The first-order valence-corrected chi connectivity index (χ1v) is 1.53. The van der Waals surface area contributed by atoms with Gasteiger partial charge in [0.2, 0.25) is 0 Å². The van der Waals surface area contributed by atoms with Gasteiger partial charge < -0.3 is 5.73 Å². The zero-order valence-corrected chi connectivity index (χ0v) is 3.74. The molecule has 0 atom stereocenters. The second-order valence-corrected chi connectivity index (χ2v) is 0.913. The third kappa shape index (κ3) is 1.39. The quantitative estimate of drug-likeness (QED) is 0.173. The highest BCUT2D eigenvalue weighted by molar-refractivity contribution is 5.71. The van der Waals surface area contributed by atoms with Crippen LogP contribution < -0.4 is 5.73 Å². The van der Waals surface area contributed by atoms with Crippen molar-refractivity contribution in [3.8, 4) is 0 Å². The van der Waals surface area contributed by atoms with E-state index in [9.17, 15) is 10.1 Å². The Kier molecular flexibility index (Phi) is 1.72. The molecule has 0 aromatic heterocycles. The van der Waals surface area contributed by atoms with Crippen LogP contribution in [0.2, 0.25) is 0 Å². The summed E-state index contributed by atoms with van der Waals surface area (Å²) in [6, 6.07) is 0. The molecule has 0 bridgehead atoms. The Morgan fingerprint density at radius 3 is 2.38 bits per heavy atom. The van der Waals surface area contributed by atoms with Gasteiger partial charge in [0.15, 0.2) is 5.03 Å². The lowest BCUT2D eigenvalue weighted by Crippen LogP contribution is -2.37. The summed E-state index contributed by atoms with van der Waals surface area (Å²) in [5.74, 6) is -1.02. The molecule has 0 radical (unpaired) electrons. The predicted molar refractivity (Wildman–Crippen MR) is 22.5 cm³/mol. The molecule has 0 heterocycles. The molecule has 0 aliphatic rings. The SMILES string of the molecule is N=C(N)N(O)[N+](=O)[O-]. The molecule has 8 heavy (non-hydrogen) atoms. The Labute approximate surface area is 43.9 Å². The molecule has 0 aromatic carbocycles. The Hall–Kier alpha value is -1.37. The van der Waals surface area contributed by atoms with Crippen molar-refractivity contribution in [2.75, 3.05) is 0 Å². The van der Waals surface area contributed by atoms with E-state index in [0.29, 0.717) is 0 Å². The largest absolute Gasteiger partial charge is 0.363 e. The van der Waals surface area contributed by atoms with Gasteiger partial charge >= 0.3 is 0 Å². The van der Waals surface area contributed by atoms with Gasteiger partial charge in [0.25, 0.3) is 5.96 Å². The molecule has 0 aliphatic heterocycles. The van der Waals surface area contributed by atoms with Gasteiger partial charge in [-0.3, -0.25) is 5.41 Å².